The molecule has 0 aromatic heterocycles. The van der Waals surface area contributed by atoms with Gasteiger partial charge in [-0.25, -0.2) is 0 Å². The zero-order valence-corrected chi connectivity index (χ0v) is 12.7. The Morgan fingerprint density at radius 1 is 1.42 bits per heavy atom. The second-order valence-electron chi connectivity index (χ2n) is 4.93. The number of hydrogen-bond acceptors (Lipinski definition) is 3. The topological polar surface area (TPSA) is 26.3 Å². The molecule has 1 saturated heterocycles. The molecule has 19 heavy (non-hydrogen) atoms. The van der Waals surface area contributed by atoms with Gasteiger partial charge in [0.15, 0.2) is 0 Å². The van der Waals surface area contributed by atoms with Crippen LogP contribution in [0.3, 0.4) is 0 Å². The maximum absolute atomic E-state index is 12.2. The van der Waals surface area contributed by atoms with E-state index in [0.717, 1.165) is 11.3 Å². The Balaban J connectivity index is 1.95. The van der Waals surface area contributed by atoms with Crippen LogP contribution < -0.4 is 4.74 Å². The van der Waals surface area contributed by atoms with Crippen LogP contribution >= 0.6 is 23.4 Å². The molecule has 1 aliphatic heterocycles. The van der Waals surface area contributed by atoms with Gasteiger partial charge in [-0.1, -0.05) is 11.6 Å². The maximum atomic E-state index is 12.2. The molecule has 0 N–H and O–H groups in total. The summed E-state index contributed by atoms with van der Waals surface area (Å²) in [5.74, 6) is 3.99. The molecule has 0 atom stereocenters. The largest absolute Gasteiger partial charge is 0.496 e. The third-order valence-electron chi connectivity index (χ3n) is 3.49. The number of rotatable bonds is 5. The predicted octanol–water partition coefficient (Wildman–Crippen LogP) is 3.99. The third kappa shape index (κ3) is 4.43. The van der Waals surface area contributed by atoms with Crippen molar-refractivity contribution < 1.29 is 9.53 Å². The Hall–Kier alpha value is -0.670. The fraction of sp³-hybridized carbons (Fsp3) is 0.533. The highest BCUT2D eigenvalue weighted by atomic mass is 35.5. The van der Waals surface area contributed by atoms with Gasteiger partial charge in [0, 0.05) is 23.4 Å². The monoisotopic (exact) mass is 298 g/mol. The molecule has 0 amide bonds. The normalized spacial score (nSPS) is 16.3. The zero-order valence-electron chi connectivity index (χ0n) is 11.2. The second-order valence-corrected chi connectivity index (χ2v) is 6.59. The summed E-state index contributed by atoms with van der Waals surface area (Å²) in [7, 11) is 1.62. The molecule has 0 aliphatic carbocycles. The summed E-state index contributed by atoms with van der Waals surface area (Å²) in [6.45, 7) is 0. The van der Waals surface area contributed by atoms with Crippen molar-refractivity contribution in [1.82, 2.24) is 0 Å². The van der Waals surface area contributed by atoms with Crippen LogP contribution in [0.15, 0.2) is 18.2 Å². The van der Waals surface area contributed by atoms with E-state index in [-0.39, 0.29) is 5.78 Å². The average molecular weight is 299 g/mol. The van der Waals surface area contributed by atoms with E-state index in [1.165, 1.54) is 24.3 Å². The van der Waals surface area contributed by atoms with E-state index in [9.17, 15) is 4.79 Å². The number of hydrogen-bond donors (Lipinski definition) is 0. The van der Waals surface area contributed by atoms with Crippen LogP contribution in [0.1, 0.15) is 24.8 Å². The molecule has 2 nitrogen and oxygen atoms in total. The molecule has 4 heteroatoms. The smallest absolute Gasteiger partial charge is 0.137 e. The van der Waals surface area contributed by atoms with Crippen molar-refractivity contribution in [3.63, 3.8) is 0 Å². The lowest BCUT2D eigenvalue weighted by Gasteiger charge is -2.20. The fourth-order valence-electron chi connectivity index (χ4n) is 2.44. The van der Waals surface area contributed by atoms with Crippen molar-refractivity contribution >= 4 is 29.1 Å². The highest BCUT2D eigenvalue weighted by Crippen LogP contribution is 2.27. The van der Waals surface area contributed by atoms with E-state index >= 15 is 0 Å². The van der Waals surface area contributed by atoms with Gasteiger partial charge in [-0.3, -0.25) is 4.79 Å². The molecule has 0 radical (unpaired) electrons. The molecule has 0 saturated carbocycles. The zero-order chi connectivity index (χ0) is 13.7. The summed E-state index contributed by atoms with van der Waals surface area (Å²) in [5.41, 5.74) is 0.894. The van der Waals surface area contributed by atoms with E-state index in [4.69, 9.17) is 16.3 Å². The van der Waals surface area contributed by atoms with Gasteiger partial charge >= 0.3 is 0 Å². The molecule has 1 aliphatic rings. The van der Waals surface area contributed by atoms with E-state index in [1.54, 1.807) is 13.2 Å². The lowest BCUT2D eigenvalue weighted by atomic mass is 9.93. The Kier molecular flexibility index (Phi) is 5.59. The highest BCUT2D eigenvalue weighted by molar-refractivity contribution is 7.99. The van der Waals surface area contributed by atoms with Gasteiger partial charge in [0.2, 0.25) is 0 Å². The SMILES string of the molecule is COc1ccc(Cl)cc1CC(=O)CC1CCSCC1. The lowest BCUT2D eigenvalue weighted by Crippen LogP contribution is -2.15. The summed E-state index contributed by atoms with van der Waals surface area (Å²) >= 11 is 7.97. The van der Waals surface area contributed by atoms with E-state index < -0.39 is 0 Å². The Morgan fingerprint density at radius 3 is 2.84 bits per heavy atom. The Labute approximate surface area is 123 Å². The number of carbonyl (C=O) groups is 1. The number of thioether (sulfide) groups is 1. The van der Waals surface area contributed by atoms with Gasteiger partial charge in [0.1, 0.15) is 11.5 Å². The summed E-state index contributed by atoms with van der Waals surface area (Å²) in [6, 6.07) is 5.43. The molecule has 0 spiro atoms. The molecule has 2 rings (SSSR count). The van der Waals surface area contributed by atoms with Gasteiger partial charge < -0.3 is 4.74 Å². The first-order chi connectivity index (χ1) is 9.19. The molecule has 1 aromatic rings. The predicted molar refractivity (Wildman–Crippen MR) is 81.4 cm³/mol. The summed E-state index contributed by atoms with van der Waals surface area (Å²) in [4.78, 5) is 12.2. The van der Waals surface area contributed by atoms with Crippen LogP contribution in [-0.2, 0) is 11.2 Å². The molecule has 1 fully saturated rings. The summed E-state index contributed by atoms with van der Waals surface area (Å²) < 4.78 is 5.28. The molecule has 0 unspecified atom stereocenters. The van der Waals surface area contributed by atoms with E-state index in [2.05, 4.69) is 0 Å². The van der Waals surface area contributed by atoms with Crippen molar-refractivity contribution in [1.29, 1.82) is 0 Å². The van der Waals surface area contributed by atoms with Crippen molar-refractivity contribution in [2.75, 3.05) is 18.6 Å². The Morgan fingerprint density at radius 2 is 2.16 bits per heavy atom. The third-order valence-corrected chi connectivity index (χ3v) is 4.77. The molecule has 104 valence electrons. The van der Waals surface area contributed by atoms with Gasteiger partial charge in [-0.2, -0.15) is 11.8 Å². The number of ether oxygens (including phenoxy) is 1. The van der Waals surface area contributed by atoms with Crippen LogP contribution in [0.5, 0.6) is 5.75 Å². The van der Waals surface area contributed by atoms with Crippen LogP contribution in [0, 0.1) is 5.92 Å². The molecular formula is C15H19ClO2S. The second kappa shape index (κ2) is 7.20. The van der Waals surface area contributed by atoms with Crippen LogP contribution in [0.2, 0.25) is 5.02 Å². The van der Waals surface area contributed by atoms with Gasteiger partial charge in [-0.15, -0.1) is 0 Å². The van der Waals surface area contributed by atoms with Crippen LogP contribution in [0.4, 0.5) is 0 Å². The number of carbonyl (C=O) groups excluding carboxylic acids is 1. The molecule has 0 bridgehead atoms. The van der Waals surface area contributed by atoms with Gasteiger partial charge in [0.25, 0.3) is 0 Å². The number of Topliss-reactive ketones (excluding diaryl/α,β-unsaturated/α-hetero) is 1. The highest BCUT2D eigenvalue weighted by Gasteiger charge is 2.18. The minimum atomic E-state index is 0.289. The number of methoxy groups -OCH3 is 1. The fourth-order valence-corrected chi connectivity index (χ4v) is 3.84. The van der Waals surface area contributed by atoms with E-state index in [1.807, 2.05) is 23.9 Å². The summed E-state index contributed by atoms with van der Waals surface area (Å²) in [6.07, 6.45) is 3.45. The van der Waals surface area contributed by atoms with Crippen molar-refractivity contribution in [2.45, 2.75) is 25.7 Å². The van der Waals surface area contributed by atoms with Crippen LogP contribution in [-0.4, -0.2) is 24.4 Å². The van der Waals surface area contributed by atoms with Crippen molar-refractivity contribution in [3.8, 4) is 5.75 Å². The van der Waals surface area contributed by atoms with E-state index in [0.29, 0.717) is 23.8 Å². The van der Waals surface area contributed by atoms with Gasteiger partial charge in [-0.05, 0) is 48.5 Å². The molecular weight excluding hydrogens is 280 g/mol. The molecule has 1 heterocycles. The standard InChI is InChI=1S/C15H19ClO2S/c1-18-15-3-2-13(16)9-12(15)10-14(17)8-11-4-6-19-7-5-11/h2-3,9,11H,4-8,10H2,1H3. The van der Waals surface area contributed by atoms with Crippen LogP contribution in [0.25, 0.3) is 0 Å². The first-order valence-electron chi connectivity index (χ1n) is 6.61. The van der Waals surface area contributed by atoms with Gasteiger partial charge in [0.05, 0.1) is 7.11 Å². The maximum Gasteiger partial charge on any atom is 0.137 e. The van der Waals surface area contributed by atoms with Crippen molar-refractivity contribution in [3.05, 3.63) is 28.8 Å². The minimum Gasteiger partial charge on any atom is -0.496 e. The molecule has 1 aromatic carbocycles. The minimum absolute atomic E-state index is 0.289. The number of benzene rings is 1. The van der Waals surface area contributed by atoms with Crippen molar-refractivity contribution in [2.24, 2.45) is 5.92 Å². The summed E-state index contributed by atoms with van der Waals surface area (Å²) in [5, 5.41) is 0.651. The quantitative estimate of drug-likeness (QED) is 0.822. The first-order valence-corrected chi connectivity index (χ1v) is 8.14. The lowest BCUT2D eigenvalue weighted by molar-refractivity contribution is -0.119. The first kappa shape index (κ1) is 14.7. The Bertz CT molecular complexity index is 442. The average Bonchev–Trinajstić information content (AvgIpc) is 2.40. The number of halogens is 1. The number of ketones is 1.